The first-order valence-electron chi connectivity index (χ1n) is 10.1. The molecule has 0 saturated heterocycles. The second-order valence-corrected chi connectivity index (χ2v) is 8.74. The van der Waals surface area contributed by atoms with Crippen LogP contribution in [-0.4, -0.2) is 9.55 Å². The van der Waals surface area contributed by atoms with Gasteiger partial charge >= 0.3 is 0 Å². The number of nitrogens with zero attached hydrogens (tertiary/aromatic N) is 2. The molecular formula is C27H16N2S. The van der Waals surface area contributed by atoms with Gasteiger partial charge in [0.25, 0.3) is 0 Å². The molecule has 140 valence electrons. The Labute approximate surface area is 177 Å². The molecule has 0 radical (unpaired) electrons. The monoisotopic (exact) mass is 400 g/mol. The highest BCUT2D eigenvalue weighted by atomic mass is 32.2. The predicted molar refractivity (Wildman–Crippen MR) is 126 cm³/mol. The van der Waals surface area contributed by atoms with Gasteiger partial charge in [0.1, 0.15) is 5.82 Å². The third kappa shape index (κ3) is 2.13. The van der Waals surface area contributed by atoms with E-state index in [1.54, 1.807) is 0 Å². The summed E-state index contributed by atoms with van der Waals surface area (Å²) < 4.78 is 2.35. The zero-order valence-corrected chi connectivity index (χ0v) is 16.9. The first-order chi connectivity index (χ1) is 14.9. The third-order valence-electron chi connectivity index (χ3n) is 5.97. The van der Waals surface area contributed by atoms with E-state index in [1.807, 2.05) is 11.8 Å². The van der Waals surface area contributed by atoms with Crippen LogP contribution in [0.5, 0.6) is 0 Å². The SMILES string of the molecule is c1ccc2c(c1)Sc1cccc3nc(-c4cc5ccccc5c5ccccc45)n-2c13. The molecule has 0 aliphatic carbocycles. The van der Waals surface area contributed by atoms with Crippen LogP contribution >= 0.6 is 11.8 Å². The maximum absolute atomic E-state index is 5.16. The minimum absolute atomic E-state index is 1.01. The fraction of sp³-hybridized carbons (Fsp3) is 0. The van der Waals surface area contributed by atoms with Crippen LogP contribution in [0.4, 0.5) is 0 Å². The van der Waals surface area contributed by atoms with Gasteiger partial charge in [-0.2, -0.15) is 0 Å². The predicted octanol–water partition coefficient (Wildman–Crippen LogP) is 7.46. The highest BCUT2D eigenvalue weighted by molar-refractivity contribution is 7.99. The van der Waals surface area contributed by atoms with Gasteiger partial charge in [-0.3, -0.25) is 4.57 Å². The number of benzene rings is 5. The molecule has 2 nitrogen and oxygen atoms in total. The Bertz CT molecular complexity index is 1630. The van der Waals surface area contributed by atoms with Crippen molar-refractivity contribution in [2.24, 2.45) is 0 Å². The summed E-state index contributed by atoms with van der Waals surface area (Å²) in [6.07, 6.45) is 0. The van der Waals surface area contributed by atoms with Crippen LogP contribution in [-0.2, 0) is 0 Å². The maximum atomic E-state index is 5.16. The first kappa shape index (κ1) is 16.3. The Morgan fingerprint density at radius 2 is 1.37 bits per heavy atom. The van der Waals surface area contributed by atoms with Gasteiger partial charge < -0.3 is 0 Å². The van der Waals surface area contributed by atoms with E-state index >= 15 is 0 Å². The van der Waals surface area contributed by atoms with Crippen LogP contribution < -0.4 is 0 Å². The van der Waals surface area contributed by atoms with Crippen molar-refractivity contribution < 1.29 is 0 Å². The van der Waals surface area contributed by atoms with E-state index in [4.69, 9.17) is 4.98 Å². The van der Waals surface area contributed by atoms with Crippen molar-refractivity contribution in [1.29, 1.82) is 0 Å². The van der Waals surface area contributed by atoms with Gasteiger partial charge in [-0.25, -0.2) is 4.98 Å². The minimum atomic E-state index is 1.01. The van der Waals surface area contributed by atoms with Gasteiger partial charge in [0, 0.05) is 15.4 Å². The average Bonchev–Trinajstić information content (AvgIpc) is 3.20. The summed E-state index contributed by atoms with van der Waals surface area (Å²) in [5, 5.41) is 5.03. The smallest absolute Gasteiger partial charge is 0.146 e. The fourth-order valence-corrected chi connectivity index (χ4v) is 5.77. The molecule has 0 spiro atoms. The molecule has 7 rings (SSSR count). The molecule has 0 bridgehead atoms. The minimum Gasteiger partial charge on any atom is -0.290 e. The molecule has 0 fully saturated rings. The number of rotatable bonds is 1. The number of hydrogen-bond acceptors (Lipinski definition) is 2. The molecule has 2 heterocycles. The summed E-state index contributed by atoms with van der Waals surface area (Å²) in [6, 6.07) is 34.6. The van der Waals surface area contributed by atoms with Gasteiger partial charge in [-0.1, -0.05) is 78.5 Å². The van der Waals surface area contributed by atoms with Crippen molar-refractivity contribution in [1.82, 2.24) is 9.55 Å². The maximum Gasteiger partial charge on any atom is 0.146 e. The average molecular weight is 401 g/mol. The lowest BCUT2D eigenvalue weighted by Crippen LogP contribution is -2.03. The first-order valence-corrected chi connectivity index (χ1v) is 10.9. The number of hydrogen-bond donors (Lipinski definition) is 0. The Morgan fingerprint density at radius 1 is 0.633 bits per heavy atom. The van der Waals surface area contributed by atoms with Crippen molar-refractivity contribution in [3.8, 4) is 17.1 Å². The van der Waals surface area contributed by atoms with Crippen molar-refractivity contribution in [3.63, 3.8) is 0 Å². The summed E-state index contributed by atoms with van der Waals surface area (Å²) in [5.41, 5.74) is 4.62. The van der Waals surface area contributed by atoms with Crippen LogP contribution in [0, 0.1) is 0 Å². The van der Waals surface area contributed by atoms with Crippen molar-refractivity contribution >= 4 is 44.3 Å². The lowest BCUT2D eigenvalue weighted by Gasteiger charge is -2.20. The molecule has 30 heavy (non-hydrogen) atoms. The van der Waals surface area contributed by atoms with Crippen LogP contribution in [0.2, 0.25) is 0 Å². The van der Waals surface area contributed by atoms with Gasteiger partial charge in [0.05, 0.1) is 16.7 Å². The van der Waals surface area contributed by atoms with Crippen LogP contribution in [0.25, 0.3) is 49.7 Å². The largest absolute Gasteiger partial charge is 0.290 e. The lowest BCUT2D eigenvalue weighted by atomic mass is 9.97. The molecule has 3 heteroatoms. The molecular weight excluding hydrogens is 384 g/mol. The second-order valence-electron chi connectivity index (χ2n) is 7.66. The highest BCUT2D eigenvalue weighted by Gasteiger charge is 2.24. The Balaban J connectivity index is 1.68. The molecule has 6 aromatic rings. The fourth-order valence-electron chi connectivity index (χ4n) is 4.68. The summed E-state index contributed by atoms with van der Waals surface area (Å²) in [7, 11) is 0. The Kier molecular flexibility index (Phi) is 3.24. The van der Waals surface area contributed by atoms with Crippen LogP contribution in [0.1, 0.15) is 0 Å². The van der Waals surface area contributed by atoms with Crippen molar-refractivity contribution in [3.05, 3.63) is 97.1 Å². The van der Waals surface area contributed by atoms with Crippen LogP contribution in [0.3, 0.4) is 0 Å². The summed E-state index contributed by atoms with van der Waals surface area (Å²) in [5.74, 6) is 1.01. The standard InChI is InChI=1S/C27H16N2S/c1-2-9-18-17(8-1)16-21(20-11-4-3-10-19(18)20)27-28-22-12-7-15-25-26(22)29(27)23-13-5-6-14-24(23)30-25/h1-16H. The molecule has 0 N–H and O–H groups in total. The number of para-hydroxylation sites is 2. The van der Waals surface area contributed by atoms with E-state index in [1.165, 1.54) is 48.1 Å². The molecule has 1 aliphatic rings. The number of imidazole rings is 1. The molecule has 0 unspecified atom stereocenters. The molecule has 0 saturated carbocycles. The Hall–Kier alpha value is -3.56. The molecule has 5 aromatic carbocycles. The normalized spacial score (nSPS) is 12.5. The zero-order valence-electron chi connectivity index (χ0n) is 16.0. The van der Waals surface area contributed by atoms with Gasteiger partial charge in [-0.05, 0) is 51.9 Å². The van der Waals surface area contributed by atoms with E-state index in [2.05, 4.69) is 102 Å². The van der Waals surface area contributed by atoms with Crippen molar-refractivity contribution in [2.45, 2.75) is 9.79 Å². The molecule has 1 aromatic heterocycles. The van der Waals surface area contributed by atoms with E-state index < -0.39 is 0 Å². The van der Waals surface area contributed by atoms with Crippen LogP contribution in [0.15, 0.2) is 107 Å². The summed E-state index contributed by atoms with van der Waals surface area (Å²) >= 11 is 1.83. The molecule has 0 atom stereocenters. The highest BCUT2D eigenvalue weighted by Crippen LogP contribution is 2.46. The van der Waals surface area contributed by atoms with E-state index in [9.17, 15) is 0 Å². The summed E-state index contributed by atoms with van der Waals surface area (Å²) in [6.45, 7) is 0. The second kappa shape index (κ2) is 5.97. The Morgan fingerprint density at radius 3 is 2.30 bits per heavy atom. The van der Waals surface area contributed by atoms with Crippen molar-refractivity contribution in [2.75, 3.05) is 0 Å². The zero-order chi connectivity index (χ0) is 19.7. The van der Waals surface area contributed by atoms with Gasteiger partial charge in [0.2, 0.25) is 0 Å². The van der Waals surface area contributed by atoms with E-state index in [0.717, 1.165) is 11.3 Å². The van der Waals surface area contributed by atoms with E-state index in [0.29, 0.717) is 0 Å². The quantitative estimate of drug-likeness (QED) is 0.266. The third-order valence-corrected chi connectivity index (χ3v) is 7.09. The number of aromatic nitrogens is 2. The molecule has 1 aliphatic heterocycles. The van der Waals surface area contributed by atoms with Gasteiger partial charge in [0.15, 0.2) is 0 Å². The topological polar surface area (TPSA) is 17.8 Å². The molecule has 0 amide bonds. The van der Waals surface area contributed by atoms with E-state index in [-0.39, 0.29) is 0 Å². The van der Waals surface area contributed by atoms with Gasteiger partial charge in [-0.15, -0.1) is 0 Å². The summed E-state index contributed by atoms with van der Waals surface area (Å²) in [4.78, 5) is 7.68. The number of fused-ring (bicyclic) bond motifs is 5. The lowest BCUT2D eigenvalue weighted by molar-refractivity contribution is 1.04.